The lowest BCUT2D eigenvalue weighted by Gasteiger charge is -2.26. The van der Waals surface area contributed by atoms with Gasteiger partial charge in [-0.1, -0.05) is 56.4 Å². The van der Waals surface area contributed by atoms with Crippen LogP contribution in [0.15, 0.2) is 23.8 Å². The van der Waals surface area contributed by atoms with Crippen LogP contribution >= 0.6 is 11.8 Å². The molecule has 0 spiro atoms. The summed E-state index contributed by atoms with van der Waals surface area (Å²) in [5.41, 5.74) is 1.61. The van der Waals surface area contributed by atoms with Crippen LogP contribution in [-0.2, 0) is 0 Å². The number of likely N-dealkylation sites (tertiary alicyclic amines) is 1. The molecule has 0 amide bonds. The zero-order valence-corrected chi connectivity index (χ0v) is 19.3. The molecule has 4 heteroatoms. The fourth-order valence-electron chi connectivity index (χ4n) is 5.43. The van der Waals surface area contributed by atoms with Gasteiger partial charge in [0.15, 0.2) is 0 Å². The van der Waals surface area contributed by atoms with Gasteiger partial charge in [0.2, 0.25) is 0 Å². The maximum Gasteiger partial charge on any atom is 0.0721 e. The van der Waals surface area contributed by atoms with Gasteiger partial charge in [0.05, 0.1) is 12.2 Å². The van der Waals surface area contributed by atoms with Gasteiger partial charge in [-0.15, -0.1) is 0 Å². The molecule has 2 fully saturated rings. The maximum absolute atomic E-state index is 10.5. The van der Waals surface area contributed by atoms with E-state index in [0.717, 1.165) is 25.7 Å². The molecule has 29 heavy (non-hydrogen) atoms. The Morgan fingerprint density at radius 2 is 2.03 bits per heavy atom. The highest BCUT2D eigenvalue weighted by molar-refractivity contribution is 7.99. The zero-order chi connectivity index (χ0) is 20.5. The SMILES string of the molecule is CCCCC[C@H](O)C=C[C@@H]1[C@H]2CC(CCSCCN3CCCCC3)=C[C@H]2C[C@H]1O. The summed E-state index contributed by atoms with van der Waals surface area (Å²) in [5.74, 6) is 3.82. The van der Waals surface area contributed by atoms with E-state index in [0.29, 0.717) is 11.8 Å². The first-order valence-corrected chi connectivity index (χ1v) is 13.4. The van der Waals surface area contributed by atoms with Gasteiger partial charge in [0, 0.05) is 18.2 Å². The Morgan fingerprint density at radius 3 is 2.83 bits per heavy atom. The summed E-state index contributed by atoms with van der Waals surface area (Å²) in [5, 5.41) is 20.7. The Balaban J connectivity index is 1.34. The molecule has 3 rings (SSSR count). The van der Waals surface area contributed by atoms with Gasteiger partial charge in [-0.05, 0) is 69.2 Å². The number of fused-ring (bicyclic) bond motifs is 1. The van der Waals surface area contributed by atoms with Gasteiger partial charge in [-0.25, -0.2) is 0 Å². The van der Waals surface area contributed by atoms with Gasteiger partial charge in [-0.2, -0.15) is 11.8 Å². The fourth-order valence-corrected chi connectivity index (χ4v) is 6.43. The third-order valence-corrected chi connectivity index (χ3v) is 8.14. The summed E-state index contributed by atoms with van der Waals surface area (Å²) in [4.78, 5) is 2.63. The van der Waals surface area contributed by atoms with Crippen LogP contribution in [0.25, 0.3) is 0 Å². The predicted molar refractivity (Wildman–Crippen MR) is 125 cm³/mol. The molecule has 1 heterocycles. The second kappa shape index (κ2) is 12.5. The predicted octanol–water partition coefficient (Wildman–Crippen LogP) is 5.04. The normalized spacial score (nSPS) is 31.3. The Kier molecular flexibility index (Phi) is 10.1. The number of unbranched alkanes of at least 4 members (excludes halogenated alkanes) is 2. The van der Waals surface area contributed by atoms with E-state index in [4.69, 9.17) is 0 Å². The average Bonchev–Trinajstić information content (AvgIpc) is 3.23. The van der Waals surface area contributed by atoms with E-state index in [1.165, 1.54) is 69.7 Å². The van der Waals surface area contributed by atoms with Crippen molar-refractivity contribution in [3.63, 3.8) is 0 Å². The summed E-state index contributed by atoms with van der Waals surface area (Å²) >= 11 is 2.11. The molecule has 1 aliphatic heterocycles. The second-order valence-electron chi connectivity index (χ2n) is 9.45. The fraction of sp³-hybridized carbons (Fsp3) is 0.840. The van der Waals surface area contributed by atoms with Crippen molar-refractivity contribution in [1.82, 2.24) is 4.90 Å². The number of aliphatic hydroxyl groups is 2. The molecule has 2 N–H and O–H groups in total. The van der Waals surface area contributed by atoms with Crippen molar-refractivity contribution >= 4 is 11.8 Å². The standard InChI is InChI=1S/C25H43NO2S/c1-2-3-5-8-22(27)9-10-23-24-18-20(17-21(24)19-25(23)28)11-15-29-16-14-26-12-6-4-7-13-26/h9-10,17,21-25,27-28H,2-8,11-16,18-19H2,1H3/t21-,22-,23+,24-,25+/m0/s1. The van der Waals surface area contributed by atoms with E-state index in [1.807, 2.05) is 6.08 Å². The molecule has 1 saturated carbocycles. The van der Waals surface area contributed by atoms with Crippen molar-refractivity contribution in [2.24, 2.45) is 17.8 Å². The van der Waals surface area contributed by atoms with Crippen molar-refractivity contribution in [1.29, 1.82) is 0 Å². The first kappa shape index (κ1) is 23.4. The monoisotopic (exact) mass is 421 g/mol. The minimum Gasteiger partial charge on any atom is -0.392 e. The van der Waals surface area contributed by atoms with Crippen LogP contribution in [0.3, 0.4) is 0 Å². The third kappa shape index (κ3) is 7.41. The minimum absolute atomic E-state index is 0.223. The lowest BCUT2D eigenvalue weighted by molar-refractivity contribution is 0.139. The number of allylic oxidation sites excluding steroid dienone is 2. The van der Waals surface area contributed by atoms with E-state index in [2.05, 4.69) is 35.7 Å². The molecular formula is C25H43NO2S. The van der Waals surface area contributed by atoms with Crippen LogP contribution in [0.5, 0.6) is 0 Å². The van der Waals surface area contributed by atoms with E-state index < -0.39 is 0 Å². The number of nitrogens with zero attached hydrogens (tertiary/aromatic N) is 1. The molecular weight excluding hydrogens is 378 g/mol. The van der Waals surface area contributed by atoms with Crippen LogP contribution in [0, 0.1) is 17.8 Å². The first-order chi connectivity index (χ1) is 14.2. The Labute approximate surface area is 183 Å². The molecule has 2 aliphatic carbocycles. The summed E-state index contributed by atoms with van der Waals surface area (Å²) < 4.78 is 0. The molecule has 166 valence electrons. The summed E-state index contributed by atoms with van der Waals surface area (Å²) in [6.07, 6.45) is 17.7. The molecule has 1 saturated heterocycles. The van der Waals surface area contributed by atoms with Crippen molar-refractivity contribution in [2.45, 2.75) is 83.3 Å². The molecule has 0 aromatic heterocycles. The Hall–Kier alpha value is -0.290. The molecule has 0 aromatic carbocycles. The maximum atomic E-state index is 10.5. The smallest absolute Gasteiger partial charge is 0.0721 e. The number of rotatable bonds is 12. The van der Waals surface area contributed by atoms with E-state index in [-0.39, 0.29) is 18.1 Å². The van der Waals surface area contributed by atoms with Crippen LogP contribution in [0.1, 0.15) is 71.1 Å². The lowest BCUT2D eigenvalue weighted by atomic mass is 9.88. The first-order valence-electron chi connectivity index (χ1n) is 12.2. The number of hydrogen-bond donors (Lipinski definition) is 2. The number of hydrogen-bond acceptors (Lipinski definition) is 4. The van der Waals surface area contributed by atoms with Crippen LogP contribution in [0.4, 0.5) is 0 Å². The van der Waals surface area contributed by atoms with Gasteiger partial charge in [0.25, 0.3) is 0 Å². The van der Waals surface area contributed by atoms with Gasteiger partial charge < -0.3 is 15.1 Å². The molecule has 5 atom stereocenters. The van der Waals surface area contributed by atoms with Crippen LogP contribution < -0.4 is 0 Å². The summed E-state index contributed by atoms with van der Waals surface area (Å²) in [6.45, 7) is 6.06. The molecule has 0 unspecified atom stereocenters. The van der Waals surface area contributed by atoms with Crippen LogP contribution in [-0.4, -0.2) is 58.5 Å². The summed E-state index contributed by atoms with van der Waals surface area (Å²) in [7, 11) is 0. The van der Waals surface area contributed by atoms with E-state index in [9.17, 15) is 10.2 Å². The third-order valence-electron chi connectivity index (χ3n) is 7.18. The summed E-state index contributed by atoms with van der Waals surface area (Å²) in [6, 6.07) is 0. The van der Waals surface area contributed by atoms with Gasteiger partial charge in [0.1, 0.15) is 0 Å². The average molecular weight is 422 g/mol. The molecule has 3 aliphatic rings. The van der Waals surface area contributed by atoms with Crippen molar-refractivity contribution in [3.05, 3.63) is 23.8 Å². The minimum atomic E-state index is -0.349. The Morgan fingerprint density at radius 1 is 1.21 bits per heavy atom. The van der Waals surface area contributed by atoms with Gasteiger partial charge >= 0.3 is 0 Å². The molecule has 0 radical (unpaired) electrons. The van der Waals surface area contributed by atoms with Crippen molar-refractivity contribution < 1.29 is 10.2 Å². The molecule has 0 bridgehead atoms. The van der Waals surface area contributed by atoms with Crippen LogP contribution in [0.2, 0.25) is 0 Å². The highest BCUT2D eigenvalue weighted by Crippen LogP contribution is 2.48. The Bertz CT molecular complexity index is 529. The largest absolute Gasteiger partial charge is 0.392 e. The van der Waals surface area contributed by atoms with E-state index in [1.54, 1.807) is 5.57 Å². The van der Waals surface area contributed by atoms with E-state index >= 15 is 0 Å². The number of piperidine rings is 1. The highest BCUT2D eigenvalue weighted by atomic mass is 32.2. The van der Waals surface area contributed by atoms with Gasteiger partial charge in [-0.3, -0.25) is 0 Å². The molecule has 3 nitrogen and oxygen atoms in total. The quantitative estimate of drug-likeness (QED) is 0.342. The second-order valence-corrected chi connectivity index (χ2v) is 10.7. The van der Waals surface area contributed by atoms with Crippen molar-refractivity contribution in [2.75, 3.05) is 31.1 Å². The van der Waals surface area contributed by atoms with Crippen molar-refractivity contribution in [3.8, 4) is 0 Å². The number of aliphatic hydroxyl groups excluding tert-OH is 2. The lowest BCUT2D eigenvalue weighted by Crippen LogP contribution is -2.31. The topological polar surface area (TPSA) is 43.7 Å². The zero-order valence-electron chi connectivity index (χ0n) is 18.5. The highest BCUT2D eigenvalue weighted by Gasteiger charge is 2.43. The number of thioether (sulfide) groups is 1. The molecule has 0 aromatic rings.